The summed E-state index contributed by atoms with van der Waals surface area (Å²) in [7, 11) is 3.31. The summed E-state index contributed by atoms with van der Waals surface area (Å²) in [5.74, 6) is 1.07. The number of methoxy groups -OCH3 is 1. The van der Waals surface area contributed by atoms with E-state index in [2.05, 4.69) is 10.8 Å². The number of pyridine rings is 1. The highest BCUT2D eigenvalue weighted by molar-refractivity contribution is 5.81. The second-order valence-electron chi connectivity index (χ2n) is 5.70. The molecule has 0 aliphatic rings. The number of benzene rings is 2. The van der Waals surface area contributed by atoms with Crippen LogP contribution >= 0.6 is 0 Å². The molecule has 0 saturated heterocycles. The zero-order valence-corrected chi connectivity index (χ0v) is 14.5. The Bertz CT molecular complexity index is 878. The van der Waals surface area contributed by atoms with E-state index >= 15 is 0 Å². The van der Waals surface area contributed by atoms with Crippen LogP contribution in [0.25, 0.3) is 10.9 Å². The number of carbonyl (C=O) groups is 1. The van der Waals surface area contributed by atoms with E-state index in [-0.39, 0.29) is 0 Å². The van der Waals surface area contributed by atoms with Gasteiger partial charge in [-0.25, -0.2) is 9.78 Å². The lowest BCUT2D eigenvalue weighted by Gasteiger charge is -2.19. The third-order valence-corrected chi connectivity index (χ3v) is 4.00. The minimum absolute atomic E-state index is 0.401. The maximum absolute atomic E-state index is 11.4. The van der Waals surface area contributed by atoms with Gasteiger partial charge in [0.1, 0.15) is 11.6 Å². The molecule has 1 heterocycles. The number of ether oxygens (including phenoxy) is 2. The molecule has 0 N–H and O–H groups in total. The Balaban J connectivity index is 1.77. The Kier molecular flexibility index (Phi) is 4.84. The predicted molar refractivity (Wildman–Crippen MR) is 98.4 cm³/mol. The van der Waals surface area contributed by atoms with Crippen LogP contribution in [0.4, 0.5) is 11.5 Å². The fraction of sp³-hybridized carbons (Fsp3) is 0.200. The predicted octanol–water partition coefficient (Wildman–Crippen LogP) is 3.94. The molecule has 3 aromatic rings. The highest BCUT2D eigenvalue weighted by atomic mass is 16.6. The summed E-state index contributed by atoms with van der Waals surface area (Å²) in [6.07, 6.45) is -0.643. The van der Waals surface area contributed by atoms with Gasteiger partial charge in [-0.3, -0.25) is 0 Å². The van der Waals surface area contributed by atoms with Crippen LogP contribution in [-0.4, -0.2) is 31.2 Å². The van der Waals surface area contributed by atoms with Gasteiger partial charge in [-0.1, -0.05) is 18.2 Å². The molecular weight excluding hydrogens is 316 g/mol. The van der Waals surface area contributed by atoms with Gasteiger partial charge in [-0.2, -0.15) is 0 Å². The number of anilines is 2. The van der Waals surface area contributed by atoms with E-state index in [9.17, 15) is 4.79 Å². The first-order valence-corrected chi connectivity index (χ1v) is 8.02. The number of hydrogen-bond donors (Lipinski definition) is 0. The van der Waals surface area contributed by atoms with E-state index in [4.69, 9.17) is 9.72 Å². The van der Waals surface area contributed by atoms with Crippen LogP contribution in [0.2, 0.25) is 0 Å². The van der Waals surface area contributed by atoms with Gasteiger partial charge in [-0.05, 0) is 49.4 Å². The zero-order valence-electron chi connectivity index (χ0n) is 14.5. The SMILES string of the molecule is COC(=O)C(C)Oc1ccc(N(C)c2ccc3ccccc3n2)cc1. The number of carbonyl (C=O) groups excluding carboxylic acids is 1. The number of para-hydroxylation sites is 1. The van der Waals surface area contributed by atoms with Crippen LogP contribution in [0.1, 0.15) is 6.92 Å². The molecular formula is C20H20N2O3. The van der Waals surface area contributed by atoms with E-state index in [1.807, 2.05) is 66.5 Å². The van der Waals surface area contributed by atoms with Crippen molar-refractivity contribution in [3.63, 3.8) is 0 Å². The second-order valence-corrected chi connectivity index (χ2v) is 5.70. The number of aromatic nitrogens is 1. The molecule has 1 unspecified atom stereocenters. The monoisotopic (exact) mass is 336 g/mol. The fourth-order valence-corrected chi connectivity index (χ4v) is 2.54. The van der Waals surface area contributed by atoms with Gasteiger partial charge in [0.05, 0.1) is 12.6 Å². The lowest BCUT2D eigenvalue weighted by Crippen LogP contribution is -2.24. The van der Waals surface area contributed by atoms with Gasteiger partial charge in [0.25, 0.3) is 0 Å². The number of rotatable bonds is 5. The quantitative estimate of drug-likeness (QED) is 0.661. The number of esters is 1. The van der Waals surface area contributed by atoms with E-state index < -0.39 is 12.1 Å². The van der Waals surface area contributed by atoms with Crippen molar-refractivity contribution in [2.75, 3.05) is 19.1 Å². The highest BCUT2D eigenvalue weighted by Gasteiger charge is 2.15. The van der Waals surface area contributed by atoms with Gasteiger partial charge in [-0.15, -0.1) is 0 Å². The van der Waals surface area contributed by atoms with Crippen molar-refractivity contribution in [3.05, 3.63) is 60.7 Å². The molecule has 0 aliphatic heterocycles. The summed E-state index contributed by atoms with van der Waals surface area (Å²) < 4.78 is 10.2. The molecule has 0 bridgehead atoms. The molecule has 1 aromatic heterocycles. The molecule has 0 saturated carbocycles. The van der Waals surface area contributed by atoms with Crippen LogP contribution in [0.5, 0.6) is 5.75 Å². The van der Waals surface area contributed by atoms with Gasteiger partial charge in [0, 0.05) is 18.1 Å². The molecule has 5 heteroatoms. The standard InChI is InChI=1S/C20H20N2O3/c1-14(20(23)24-3)25-17-11-9-16(10-12-17)22(2)19-13-8-15-6-4-5-7-18(15)21-19/h4-14H,1-3H3. The third kappa shape index (κ3) is 3.71. The molecule has 0 radical (unpaired) electrons. The Morgan fingerprint density at radius 2 is 1.76 bits per heavy atom. The van der Waals surface area contributed by atoms with Gasteiger partial charge < -0.3 is 14.4 Å². The van der Waals surface area contributed by atoms with E-state index in [0.717, 1.165) is 22.4 Å². The van der Waals surface area contributed by atoms with E-state index in [1.54, 1.807) is 6.92 Å². The summed E-state index contributed by atoms with van der Waals surface area (Å²) >= 11 is 0. The second kappa shape index (κ2) is 7.21. The highest BCUT2D eigenvalue weighted by Crippen LogP contribution is 2.26. The van der Waals surface area contributed by atoms with Crippen LogP contribution in [0.15, 0.2) is 60.7 Å². The molecule has 2 aromatic carbocycles. The van der Waals surface area contributed by atoms with Gasteiger partial charge in [0.15, 0.2) is 6.10 Å². The number of fused-ring (bicyclic) bond motifs is 1. The molecule has 25 heavy (non-hydrogen) atoms. The normalized spacial score (nSPS) is 11.8. The van der Waals surface area contributed by atoms with Crippen molar-refractivity contribution in [2.45, 2.75) is 13.0 Å². The Hall–Kier alpha value is -3.08. The molecule has 1 atom stereocenters. The maximum Gasteiger partial charge on any atom is 0.346 e. The first kappa shape index (κ1) is 16.8. The van der Waals surface area contributed by atoms with Crippen molar-refractivity contribution in [1.82, 2.24) is 4.98 Å². The number of nitrogens with zero attached hydrogens (tertiary/aromatic N) is 2. The molecule has 0 spiro atoms. The maximum atomic E-state index is 11.4. The van der Waals surface area contributed by atoms with Crippen molar-refractivity contribution in [3.8, 4) is 5.75 Å². The summed E-state index contributed by atoms with van der Waals surface area (Å²) in [5.41, 5.74) is 1.93. The summed E-state index contributed by atoms with van der Waals surface area (Å²) in [5, 5.41) is 1.11. The van der Waals surface area contributed by atoms with Crippen molar-refractivity contribution < 1.29 is 14.3 Å². The molecule has 3 rings (SSSR count). The van der Waals surface area contributed by atoms with Crippen LogP contribution in [0.3, 0.4) is 0 Å². The minimum Gasteiger partial charge on any atom is -0.479 e. The Labute approximate surface area is 146 Å². The smallest absolute Gasteiger partial charge is 0.346 e. The summed E-state index contributed by atoms with van der Waals surface area (Å²) in [6.45, 7) is 1.66. The van der Waals surface area contributed by atoms with Crippen LogP contribution < -0.4 is 9.64 Å². The van der Waals surface area contributed by atoms with Gasteiger partial charge >= 0.3 is 5.97 Å². The molecule has 0 aliphatic carbocycles. The topological polar surface area (TPSA) is 51.7 Å². The Morgan fingerprint density at radius 3 is 2.48 bits per heavy atom. The number of hydrogen-bond acceptors (Lipinski definition) is 5. The van der Waals surface area contributed by atoms with Crippen LogP contribution in [0, 0.1) is 0 Å². The van der Waals surface area contributed by atoms with Gasteiger partial charge in [0.2, 0.25) is 0 Å². The largest absolute Gasteiger partial charge is 0.479 e. The lowest BCUT2D eigenvalue weighted by molar-refractivity contribution is -0.147. The van der Waals surface area contributed by atoms with E-state index in [1.165, 1.54) is 7.11 Å². The molecule has 5 nitrogen and oxygen atoms in total. The molecule has 0 fully saturated rings. The Morgan fingerprint density at radius 1 is 1.04 bits per heavy atom. The molecule has 128 valence electrons. The first-order valence-electron chi connectivity index (χ1n) is 8.02. The van der Waals surface area contributed by atoms with Crippen molar-refractivity contribution in [1.29, 1.82) is 0 Å². The fourth-order valence-electron chi connectivity index (χ4n) is 2.54. The van der Waals surface area contributed by atoms with E-state index in [0.29, 0.717) is 5.75 Å². The zero-order chi connectivity index (χ0) is 17.8. The van der Waals surface area contributed by atoms with Crippen molar-refractivity contribution in [2.24, 2.45) is 0 Å². The average molecular weight is 336 g/mol. The first-order chi connectivity index (χ1) is 12.1. The summed E-state index contributed by atoms with van der Waals surface area (Å²) in [6, 6.07) is 19.6. The third-order valence-electron chi connectivity index (χ3n) is 4.00. The molecule has 0 amide bonds. The van der Waals surface area contributed by atoms with Crippen molar-refractivity contribution >= 4 is 28.4 Å². The minimum atomic E-state index is -0.643. The van der Waals surface area contributed by atoms with Crippen LogP contribution in [-0.2, 0) is 9.53 Å². The summed E-state index contributed by atoms with van der Waals surface area (Å²) in [4.78, 5) is 18.1. The lowest BCUT2D eigenvalue weighted by atomic mass is 10.2. The average Bonchev–Trinajstić information content (AvgIpc) is 2.67.